The van der Waals surface area contributed by atoms with E-state index < -0.39 is 0 Å². The Morgan fingerprint density at radius 1 is 1.39 bits per heavy atom. The molecule has 1 saturated carbocycles. The Labute approximate surface area is 110 Å². The van der Waals surface area contributed by atoms with Gasteiger partial charge >= 0.3 is 0 Å². The molecule has 1 aliphatic rings. The Morgan fingerprint density at radius 2 is 2.17 bits per heavy atom. The highest BCUT2D eigenvalue weighted by molar-refractivity contribution is 5.12. The molecule has 1 aliphatic carbocycles. The quantitative estimate of drug-likeness (QED) is 0.888. The van der Waals surface area contributed by atoms with Gasteiger partial charge in [0.15, 0.2) is 0 Å². The highest BCUT2D eigenvalue weighted by Gasteiger charge is 2.50. The van der Waals surface area contributed by atoms with E-state index in [1.807, 2.05) is 18.5 Å². The third-order valence-electron chi connectivity index (χ3n) is 4.86. The SMILES string of the molecule is CN(Cc1cccnc1)C1(CN)CCCC1(C)C. The molecule has 2 N–H and O–H groups in total. The summed E-state index contributed by atoms with van der Waals surface area (Å²) in [6.45, 7) is 6.37. The lowest BCUT2D eigenvalue weighted by Crippen LogP contribution is -2.58. The molecule has 0 aromatic carbocycles. The fraction of sp³-hybridized carbons (Fsp3) is 0.667. The molecule has 1 aromatic rings. The third kappa shape index (κ3) is 2.17. The van der Waals surface area contributed by atoms with E-state index in [4.69, 9.17) is 5.73 Å². The summed E-state index contributed by atoms with van der Waals surface area (Å²) in [5, 5.41) is 0. The molecule has 1 atom stereocenters. The number of nitrogens with two attached hydrogens (primary N) is 1. The van der Waals surface area contributed by atoms with Crippen LogP contribution in [0.15, 0.2) is 24.5 Å². The normalized spacial score (nSPS) is 26.7. The predicted molar refractivity (Wildman–Crippen MR) is 75.1 cm³/mol. The molecule has 0 amide bonds. The second-order valence-corrected chi connectivity index (χ2v) is 6.19. The summed E-state index contributed by atoms with van der Waals surface area (Å²) in [4.78, 5) is 6.63. The van der Waals surface area contributed by atoms with Gasteiger partial charge in [-0.05, 0) is 36.9 Å². The zero-order chi connectivity index (χ0) is 13.2. The van der Waals surface area contributed by atoms with Crippen molar-refractivity contribution in [2.75, 3.05) is 13.6 Å². The van der Waals surface area contributed by atoms with Crippen LogP contribution in [-0.2, 0) is 6.54 Å². The predicted octanol–water partition coefficient (Wildman–Crippen LogP) is 2.42. The number of hydrogen-bond acceptors (Lipinski definition) is 3. The van der Waals surface area contributed by atoms with Crippen molar-refractivity contribution in [3.63, 3.8) is 0 Å². The highest BCUT2D eigenvalue weighted by atomic mass is 15.2. The molecule has 1 fully saturated rings. The van der Waals surface area contributed by atoms with Crippen LogP contribution in [0.25, 0.3) is 0 Å². The fourth-order valence-electron chi connectivity index (χ4n) is 3.55. The molecule has 18 heavy (non-hydrogen) atoms. The van der Waals surface area contributed by atoms with Gasteiger partial charge in [-0.3, -0.25) is 9.88 Å². The summed E-state index contributed by atoms with van der Waals surface area (Å²) in [6.07, 6.45) is 7.51. The van der Waals surface area contributed by atoms with E-state index in [0.29, 0.717) is 5.41 Å². The summed E-state index contributed by atoms with van der Waals surface area (Å²) in [5.74, 6) is 0. The van der Waals surface area contributed by atoms with E-state index in [0.717, 1.165) is 13.1 Å². The zero-order valence-electron chi connectivity index (χ0n) is 11.8. The van der Waals surface area contributed by atoms with Gasteiger partial charge in [-0.25, -0.2) is 0 Å². The van der Waals surface area contributed by atoms with Gasteiger partial charge in [-0.15, -0.1) is 0 Å². The van der Waals surface area contributed by atoms with E-state index in [2.05, 4.69) is 36.8 Å². The van der Waals surface area contributed by atoms with E-state index in [9.17, 15) is 0 Å². The molecule has 0 spiro atoms. The second-order valence-electron chi connectivity index (χ2n) is 6.19. The van der Waals surface area contributed by atoms with Crippen LogP contribution >= 0.6 is 0 Å². The van der Waals surface area contributed by atoms with Crippen molar-refractivity contribution >= 4 is 0 Å². The minimum Gasteiger partial charge on any atom is -0.329 e. The van der Waals surface area contributed by atoms with Gasteiger partial charge < -0.3 is 5.73 Å². The molecule has 1 aromatic heterocycles. The Bertz CT molecular complexity index is 388. The summed E-state index contributed by atoms with van der Waals surface area (Å²) < 4.78 is 0. The van der Waals surface area contributed by atoms with Crippen molar-refractivity contribution < 1.29 is 0 Å². The summed E-state index contributed by atoms with van der Waals surface area (Å²) >= 11 is 0. The second kappa shape index (κ2) is 4.98. The van der Waals surface area contributed by atoms with Crippen molar-refractivity contribution in [1.29, 1.82) is 0 Å². The van der Waals surface area contributed by atoms with Crippen LogP contribution in [0.3, 0.4) is 0 Å². The van der Waals surface area contributed by atoms with Crippen LogP contribution < -0.4 is 5.73 Å². The smallest absolute Gasteiger partial charge is 0.0383 e. The number of rotatable bonds is 4. The molecule has 0 bridgehead atoms. The van der Waals surface area contributed by atoms with Gasteiger partial charge in [0.05, 0.1) is 0 Å². The van der Waals surface area contributed by atoms with Crippen molar-refractivity contribution in [2.24, 2.45) is 11.1 Å². The topological polar surface area (TPSA) is 42.2 Å². The molecular formula is C15H25N3. The van der Waals surface area contributed by atoms with E-state index in [-0.39, 0.29) is 5.54 Å². The van der Waals surface area contributed by atoms with Gasteiger partial charge in [-0.1, -0.05) is 26.3 Å². The van der Waals surface area contributed by atoms with Crippen LogP contribution in [0, 0.1) is 5.41 Å². The number of aromatic nitrogens is 1. The highest BCUT2D eigenvalue weighted by Crippen LogP contribution is 2.48. The Balaban J connectivity index is 2.18. The average molecular weight is 247 g/mol. The molecule has 0 saturated heterocycles. The minimum atomic E-state index is 0.128. The maximum Gasteiger partial charge on any atom is 0.0383 e. The molecule has 2 rings (SSSR count). The largest absolute Gasteiger partial charge is 0.329 e. The van der Waals surface area contributed by atoms with Gasteiger partial charge in [0.25, 0.3) is 0 Å². The first-order valence-electron chi connectivity index (χ1n) is 6.82. The Hall–Kier alpha value is -0.930. The van der Waals surface area contributed by atoms with Crippen LogP contribution in [-0.4, -0.2) is 29.0 Å². The van der Waals surface area contributed by atoms with Gasteiger partial charge in [0.2, 0.25) is 0 Å². The van der Waals surface area contributed by atoms with E-state index in [1.165, 1.54) is 24.8 Å². The molecule has 1 heterocycles. The Morgan fingerprint density at radius 3 is 2.67 bits per heavy atom. The summed E-state index contributed by atoms with van der Waals surface area (Å²) in [7, 11) is 2.20. The number of nitrogens with zero attached hydrogens (tertiary/aromatic N) is 2. The molecule has 3 heteroatoms. The molecule has 0 radical (unpaired) electrons. The maximum atomic E-state index is 6.14. The van der Waals surface area contributed by atoms with Crippen LogP contribution in [0.1, 0.15) is 38.7 Å². The molecule has 1 unspecified atom stereocenters. The van der Waals surface area contributed by atoms with Crippen LogP contribution in [0.2, 0.25) is 0 Å². The maximum absolute atomic E-state index is 6.14. The number of pyridine rings is 1. The monoisotopic (exact) mass is 247 g/mol. The minimum absolute atomic E-state index is 0.128. The molecule has 0 aliphatic heterocycles. The van der Waals surface area contributed by atoms with Gasteiger partial charge in [-0.2, -0.15) is 0 Å². The summed E-state index contributed by atoms with van der Waals surface area (Å²) in [5.41, 5.74) is 7.82. The van der Waals surface area contributed by atoms with Crippen molar-refractivity contribution in [3.05, 3.63) is 30.1 Å². The Kier molecular flexibility index (Phi) is 3.74. The lowest BCUT2D eigenvalue weighted by atomic mass is 9.73. The molecular weight excluding hydrogens is 222 g/mol. The van der Waals surface area contributed by atoms with E-state index in [1.54, 1.807) is 0 Å². The van der Waals surface area contributed by atoms with Crippen molar-refractivity contribution in [1.82, 2.24) is 9.88 Å². The first-order chi connectivity index (χ1) is 8.52. The lowest BCUT2D eigenvalue weighted by molar-refractivity contribution is 0.0275. The van der Waals surface area contributed by atoms with Crippen molar-refractivity contribution in [3.8, 4) is 0 Å². The summed E-state index contributed by atoms with van der Waals surface area (Å²) in [6, 6.07) is 4.13. The van der Waals surface area contributed by atoms with E-state index >= 15 is 0 Å². The van der Waals surface area contributed by atoms with Crippen molar-refractivity contribution in [2.45, 2.75) is 45.2 Å². The zero-order valence-corrected chi connectivity index (χ0v) is 11.8. The first kappa shape index (κ1) is 13.5. The van der Waals surface area contributed by atoms with Crippen LogP contribution in [0.4, 0.5) is 0 Å². The number of likely N-dealkylation sites (N-methyl/N-ethyl adjacent to an activating group) is 1. The first-order valence-corrected chi connectivity index (χ1v) is 6.82. The van der Waals surface area contributed by atoms with Gasteiger partial charge in [0, 0.05) is 31.0 Å². The fourth-order valence-corrected chi connectivity index (χ4v) is 3.55. The molecule has 3 nitrogen and oxygen atoms in total. The third-order valence-corrected chi connectivity index (χ3v) is 4.86. The van der Waals surface area contributed by atoms with Crippen LogP contribution in [0.5, 0.6) is 0 Å². The van der Waals surface area contributed by atoms with Gasteiger partial charge in [0.1, 0.15) is 0 Å². The number of hydrogen-bond donors (Lipinski definition) is 1. The average Bonchev–Trinajstić information content (AvgIpc) is 2.66. The lowest BCUT2D eigenvalue weighted by Gasteiger charge is -2.48. The standard InChI is InChI=1S/C15H25N3/c1-14(2)7-5-8-15(14,12-16)18(3)11-13-6-4-9-17-10-13/h4,6,9-10H,5,7-8,11-12,16H2,1-3H3. The molecule has 100 valence electrons.